The van der Waals surface area contributed by atoms with Crippen molar-refractivity contribution in [1.29, 1.82) is 0 Å². The number of pyridine rings is 1. The van der Waals surface area contributed by atoms with Crippen molar-refractivity contribution in [2.45, 2.75) is 0 Å². The van der Waals surface area contributed by atoms with Crippen LogP contribution < -0.4 is 11.1 Å². The van der Waals surface area contributed by atoms with Crippen LogP contribution in [0.2, 0.25) is 0 Å². The number of hydrogen-bond donors (Lipinski definition) is 2. The molecule has 0 aliphatic carbocycles. The molecule has 0 aliphatic rings. The van der Waals surface area contributed by atoms with Crippen LogP contribution in [0.5, 0.6) is 0 Å². The number of carbonyl (C=O) groups is 1. The number of carbonyl (C=O) groups excluding carboxylic acids is 1. The third-order valence-corrected chi connectivity index (χ3v) is 2.77. The fourth-order valence-electron chi connectivity index (χ4n) is 1.01. The summed E-state index contributed by atoms with van der Waals surface area (Å²) in [6.07, 6.45) is 2.50. The van der Waals surface area contributed by atoms with Gasteiger partial charge in [0, 0.05) is 19.0 Å². The van der Waals surface area contributed by atoms with Gasteiger partial charge in [0.1, 0.15) is 15.7 Å². The fraction of sp³-hybridized carbons (Fsp3) is 0.333. The molecule has 0 unspecified atom stereocenters. The zero-order valence-electron chi connectivity index (χ0n) is 8.80. The number of primary amides is 1. The minimum Gasteiger partial charge on any atom is -0.369 e. The molecule has 0 atom stereocenters. The molecule has 0 fully saturated rings. The minimum absolute atomic E-state index is 0.0340. The summed E-state index contributed by atoms with van der Waals surface area (Å²) in [6.45, 7) is 0.280. The van der Waals surface area contributed by atoms with E-state index in [1.807, 2.05) is 0 Å². The van der Waals surface area contributed by atoms with Gasteiger partial charge < -0.3 is 11.1 Å². The molecular weight excluding hydrogens is 230 g/mol. The molecule has 0 bridgehead atoms. The second-order valence-electron chi connectivity index (χ2n) is 3.35. The smallest absolute Gasteiger partial charge is 0.250 e. The van der Waals surface area contributed by atoms with Crippen LogP contribution in [0, 0.1) is 0 Å². The maximum atomic E-state index is 10.8. The molecule has 1 heterocycles. The molecule has 6 nitrogen and oxygen atoms in total. The van der Waals surface area contributed by atoms with Crippen LogP contribution >= 0.6 is 0 Å². The van der Waals surface area contributed by atoms with Gasteiger partial charge in [0.25, 0.3) is 0 Å². The van der Waals surface area contributed by atoms with E-state index in [0.29, 0.717) is 11.4 Å². The van der Waals surface area contributed by atoms with Crippen molar-refractivity contribution in [3.63, 3.8) is 0 Å². The molecule has 88 valence electrons. The van der Waals surface area contributed by atoms with Gasteiger partial charge >= 0.3 is 0 Å². The lowest BCUT2D eigenvalue weighted by molar-refractivity contribution is 0.1000. The minimum atomic E-state index is -2.98. The molecule has 0 saturated carbocycles. The number of amides is 1. The summed E-state index contributed by atoms with van der Waals surface area (Å²) in [5.41, 5.74) is 5.36. The number of nitrogens with two attached hydrogens (primary N) is 1. The maximum absolute atomic E-state index is 10.8. The van der Waals surface area contributed by atoms with E-state index in [1.54, 1.807) is 6.07 Å². The van der Waals surface area contributed by atoms with E-state index in [0.717, 1.165) is 6.26 Å². The Morgan fingerprint density at radius 3 is 2.62 bits per heavy atom. The zero-order valence-corrected chi connectivity index (χ0v) is 9.62. The Morgan fingerprint density at radius 2 is 2.19 bits per heavy atom. The van der Waals surface area contributed by atoms with Gasteiger partial charge in [-0.1, -0.05) is 0 Å². The Kier molecular flexibility index (Phi) is 3.83. The summed E-state index contributed by atoms with van der Waals surface area (Å²) in [4.78, 5) is 14.7. The number of anilines is 1. The Balaban J connectivity index is 2.53. The maximum Gasteiger partial charge on any atom is 0.250 e. The highest BCUT2D eigenvalue weighted by Crippen LogP contribution is 2.03. The molecule has 1 rings (SSSR count). The van der Waals surface area contributed by atoms with E-state index in [2.05, 4.69) is 10.3 Å². The molecule has 0 radical (unpaired) electrons. The summed E-state index contributed by atoms with van der Waals surface area (Å²) < 4.78 is 21.7. The van der Waals surface area contributed by atoms with Crippen LogP contribution in [-0.4, -0.2) is 37.9 Å². The Labute approximate surface area is 93.8 Å². The second-order valence-corrected chi connectivity index (χ2v) is 5.61. The molecule has 0 spiro atoms. The van der Waals surface area contributed by atoms with Crippen LogP contribution in [0.4, 0.5) is 5.82 Å². The summed E-state index contributed by atoms with van der Waals surface area (Å²) in [5, 5.41) is 2.82. The fourth-order valence-corrected chi connectivity index (χ4v) is 1.48. The highest BCUT2D eigenvalue weighted by Gasteiger charge is 2.03. The highest BCUT2D eigenvalue weighted by atomic mass is 32.2. The number of hydrogen-bond acceptors (Lipinski definition) is 5. The van der Waals surface area contributed by atoms with Crippen LogP contribution in [0.3, 0.4) is 0 Å². The molecule has 1 aromatic heterocycles. The Morgan fingerprint density at radius 1 is 1.50 bits per heavy atom. The predicted octanol–water partition coefficient (Wildman–Crippen LogP) is -0.363. The predicted molar refractivity (Wildman–Crippen MR) is 61.0 cm³/mol. The number of sulfone groups is 1. The molecule has 16 heavy (non-hydrogen) atoms. The number of rotatable bonds is 5. The van der Waals surface area contributed by atoms with E-state index in [4.69, 9.17) is 5.73 Å². The van der Waals surface area contributed by atoms with Gasteiger partial charge in [0.05, 0.1) is 11.3 Å². The zero-order chi connectivity index (χ0) is 12.2. The van der Waals surface area contributed by atoms with E-state index >= 15 is 0 Å². The molecule has 1 aromatic rings. The number of nitrogens with one attached hydrogen (secondary N) is 1. The average molecular weight is 243 g/mol. The van der Waals surface area contributed by atoms with Crippen molar-refractivity contribution in [1.82, 2.24) is 4.98 Å². The third-order valence-electron chi connectivity index (χ3n) is 1.83. The van der Waals surface area contributed by atoms with E-state index in [9.17, 15) is 13.2 Å². The van der Waals surface area contributed by atoms with E-state index in [1.165, 1.54) is 12.3 Å². The lowest BCUT2D eigenvalue weighted by Gasteiger charge is -2.04. The average Bonchev–Trinajstić information content (AvgIpc) is 2.16. The first-order chi connectivity index (χ1) is 7.38. The monoisotopic (exact) mass is 243 g/mol. The van der Waals surface area contributed by atoms with Crippen molar-refractivity contribution < 1.29 is 13.2 Å². The number of aromatic nitrogens is 1. The van der Waals surface area contributed by atoms with Crippen molar-refractivity contribution >= 4 is 21.6 Å². The lowest BCUT2D eigenvalue weighted by Crippen LogP contribution is -2.15. The second kappa shape index (κ2) is 4.93. The van der Waals surface area contributed by atoms with Crippen LogP contribution in [0.25, 0.3) is 0 Å². The Bertz CT molecular complexity index is 467. The van der Waals surface area contributed by atoms with Crippen molar-refractivity contribution in [3.8, 4) is 0 Å². The van der Waals surface area contributed by atoms with Gasteiger partial charge in [0.2, 0.25) is 5.91 Å². The molecular formula is C9H13N3O3S. The first kappa shape index (κ1) is 12.4. The van der Waals surface area contributed by atoms with E-state index < -0.39 is 15.7 Å². The molecule has 7 heteroatoms. The van der Waals surface area contributed by atoms with Crippen LogP contribution in [0.1, 0.15) is 10.4 Å². The summed E-state index contributed by atoms with van der Waals surface area (Å²) in [7, 11) is -2.98. The summed E-state index contributed by atoms with van der Waals surface area (Å²) >= 11 is 0. The van der Waals surface area contributed by atoms with Gasteiger partial charge in [-0.05, 0) is 12.1 Å². The summed E-state index contributed by atoms with van der Waals surface area (Å²) in [5.74, 6) is -0.00414. The van der Waals surface area contributed by atoms with Crippen molar-refractivity contribution in [2.75, 3.05) is 23.9 Å². The first-order valence-corrected chi connectivity index (χ1v) is 6.62. The highest BCUT2D eigenvalue weighted by molar-refractivity contribution is 7.90. The largest absolute Gasteiger partial charge is 0.369 e. The van der Waals surface area contributed by atoms with Gasteiger partial charge in [-0.2, -0.15) is 0 Å². The van der Waals surface area contributed by atoms with E-state index in [-0.39, 0.29) is 12.3 Å². The standard InChI is InChI=1S/C9H13N3O3S/c1-16(14,15)5-4-11-8-3-2-7(6-12-8)9(10)13/h2-3,6H,4-5H2,1H3,(H2,10,13)(H,11,12). The summed E-state index contributed by atoms with van der Waals surface area (Å²) in [6, 6.07) is 3.10. The Hall–Kier alpha value is -1.63. The first-order valence-electron chi connectivity index (χ1n) is 4.56. The van der Waals surface area contributed by atoms with Gasteiger partial charge in [0.15, 0.2) is 0 Å². The van der Waals surface area contributed by atoms with Crippen molar-refractivity contribution in [3.05, 3.63) is 23.9 Å². The molecule has 0 aliphatic heterocycles. The lowest BCUT2D eigenvalue weighted by atomic mass is 10.3. The van der Waals surface area contributed by atoms with Crippen LogP contribution in [-0.2, 0) is 9.84 Å². The van der Waals surface area contributed by atoms with Gasteiger partial charge in [-0.3, -0.25) is 4.79 Å². The topological polar surface area (TPSA) is 102 Å². The molecule has 0 saturated heterocycles. The van der Waals surface area contributed by atoms with Crippen molar-refractivity contribution in [2.24, 2.45) is 5.73 Å². The SMILES string of the molecule is CS(=O)(=O)CCNc1ccc(C(N)=O)cn1. The quantitative estimate of drug-likeness (QED) is 0.735. The normalized spacial score (nSPS) is 11.1. The number of nitrogens with zero attached hydrogens (tertiary/aromatic N) is 1. The van der Waals surface area contributed by atoms with Gasteiger partial charge in [-0.25, -0.2) is 13.4 Å². The third kappa shape index (κ3) is 4.26. The van der Waals surface area contributed by atoms with Crippen LogP contribution in [0.15, 0.2) is 18.3 Å². The molecule has 0 aromatic carbocycles. The molecule has 3 N–H and O–H groups in total. The van der Waals surface area contributed by atoms with Gasteiger partial charge in [-0.15, -0.1) is 0 Å². The molecule has 1 amide bonds.